The first-order valence-electron chi connectivity index (χ1n) is 6.16. The predicted octanol–water partition coefficient (Wildman–Crippen LogP) is 3.38. The summed E-state index contributed by atoms with van der Waals surface area (Å²) in [5.74, 6) is -1.13. The van der Waals surface area contributed by atoms with Crippen LogP contribution in [-0.4, -0.2) is 26.3 Å². The van der Waals surface area contributed by atoms with E-state index in [1.165, 1.54) is 10.7 Å². The molecule has 114 valence electrons. The first kappa shape index (κ1) is 15.6. The minimum absolute atomic E-state index is 0.0146. The van der Waals surface area contributed by atoms with E-state index in [0.717, 1.165) is 0 Å². The Bertz CT molecular complexity index is 666. The molecule has 0 aliphatic rings. The van der Waals surface area contributed by atoms with E-state index in [4.69, 9.17) is 11.6 Å². The molecule has 2 aromatic rings. The number of rotatable bonds is 3. The van der Waals surface area contributed by atoms with Crippen molar-refractivity contribution in [2.75, 3.05) is 11.9 Å². The van der Waals surface area contributed by atoms with E-state index in [1.807, 2.05) is 0 Å². The lowest BCUT2D eigenvalue weighted by atomic mass is 10.4. The first-order valence-corrected chi connectivity index (χ1v) is 6.54. The molecule has 21 heavy (non-hydrogen) atoms. The molecule has 2 rings (SSSR count). The highest BCUT2D eigenvalue weighted by molar-refractivity contribution is 6.31. The zero-order valence-corrected chi connectivity index (χ0v) is 12.3. The summed E-state index contributed by atoms with van der Waals surface area (Å²) in [5.41, 5.74) is 1.04. The van der Waals surface area contributed by atoms with Crippen LogP contribution in [0, 0.1) is 13.8 Å². The normalized spacial score (nSPS) is 11.8. The van der Waals surface area contributed by atoms with E-state index in [2.05, 4.69) is 20.4 Å². The molecule has 0 spiro atoms. The molecule has 0 saturated carbocycles. The molecule has 1 N–H and O–H groups in total. The fraction of sp³-hybridized carbons (Fsp3) is 0.417. The van der Waals surface area contributed by atoms with Crippen molar-refractivity contribution >= 4 is 17.4 Å². The monoisotopic (exact) mass is 319 g/mol. The maximum Gasteiger partial charge on any atom is 0.451 e. The molecule has 0 aliphatic heterocycles. The molecular formula is C12H13ClF3N5. The minimum Gasteiger partial charge on any atom is -0.370 e. The van der Waals surface area contributed by atoms with Gasteiger partial charge >= 0.3 is 6.18 Å². The topological polar surface area (TPSA) is 55.6 Å². The van der Waals surface area contributed by atoms with Crippen LogP contribution in [0.2, 0.25) is 5.02 Å². The van der Waals surface area contributed by atoms with Crippen LogP contribution in [0.4, 0.5) is 19.0 Å². The van der Waals surface area contributed by atoms with Gasteiger partial charge in [-0.15, -0.1) is 0 Å². The van der Waals surface area contributed by atoms with Crippen LogP contribution in [0.25, 0.3) is 5.82 Å². The molecule has 0 fully saturated rings. The number of aryl methyl sites for hydroxylation is 1. The highest BCUT2D eigenvalue weighted by atomic mass is 35.5. The summed E-state index contributed by atoms with van der Waals surface area (Å²) < 4.78 is 39.9. The lowest BCUT2D eigenvalue weighted by molar-refractivity contribution is -0.144. The number of alkyl halides is 3. The molecule has 5 nitrogen and oxygen atoms in total. The summed E-state index contributed by atoms with van der Waals surface area (Å²) in [7, 11) is 0. The van der Waals surface area contributed by atoms with Gasteiger partial charge in [0.2, 0.25) is 5.82 Å². The third kappa shape index (κ3) is 3.10. The van der Waals surface area contributed by atoms with Crippen LogP contribution in [0.5, 0.6) is 0 Å². The van der Waals surface area contributed by atoms with E-state index in [1.54, 1.807) is 20.8 Å². The van der Waals surface area contributed by atoms with Crippen LogP contribution in [-0.2, 0) is 6.18 Å². The van der Waals surface area contributed by atoms with Crippen LogP contribution < -0.4 is 5.32 Å². The Morgan fingerprint density at radius 1 is 1.29 bits per heavy atom. The van der Waals surface area contributed by atoms with Gasteiger partial charge in [0.05, 0.1) is 16.4 Å². The lowest BCUT2D eigenvalue weighted by Gasteiger charge is -2.11. The van der Waals surface area contributed by atoms with E-state index < -0.39 is 12.0 Å². The zero-order chi connectivity index (χ0) is 15.8. The molecule has 0 amide bonds. The Hall–Kier alpha value is -1.83. The molecule has 2 heterocycles. The van der Waals surface area contributed by atoms with Gasteiger partial charge in [-0.05, 0) is 20.8 Å². The minimum atomic E-state index is -4.64. The second-order valence-electron chi connectivity index (χ2n) is 4.36. The second-order valence-corrected chi connectivity index (χ2v) is 4.74. The summed E-state index contributed by atoms with van der Waals surface area (Å²) in [5, 5.41) is 7.25. The third-order valence-corrected chi connectivity index (χ3v) is 3.29. The van der Waals surface area contributed by atoms with Gasteiger partial charge in [0.1, 0.15) is 5.82 Å². The standard InChI is InChI=1S/C12H13ClF3N5/c1-4-17-8-5-9(19-11(18-8)12(14,15)16)21-7(3)10(13)6(2)20-21/h5H,4H2,1-3H3,(H,17,18,19). The Morgan fingerprint density at radius 2 is 1.95 bits per heavy atom. The summed E-state index contributed by atoms with van der Waals surface area (Å²) >= 11 is 6.01. The van der Waals surface area contributed by atoms with E-state index in [9.17, 15) is 13.2 Å². The zero-order valence-electron chi connectivity index (χ0n) is 11.6. The maximum absolute atomic E-state index is 12.9. The van der Waals surface area contributed by atoms with Gasteiger partial charge < -0.3 is 5.32 Å². The van der Waals surface area contributed by atoms with Crippen molar-refractivity contribution in [1.29, 1.82) is 0 Å². The number of halogens is 4. The van der Waals surface area contributed by atoms with Gasteiger partial charge in [-0.1, -0.05) is 11.6 Å². The van der Waals surface area contributed by atoms with E-state index in [0.29, 0.717) is 23.0 Å². The second kappa shape index (κ2) is 5.51. The fourth-order valence-electron chi connectivity index (χ4n) is 1.79. The summed E-state index contributed by atoms with van der Waals surface area (Å²) in [6.45, 7) is 5.52. The Kier molecular flexibility index (Phi) is 4.08. The van der Waals surface area contributed by atoms with E-state index in [-0.39, 0.29) is 11.6 Å². The highest BCUT2D eigenvalue weighted by Crippen LogP contribution is 2.29. The van der Waals surface area contributed by atoms with Crippen LogP contribution in [0.15, 0.2) is 6.07 Å². The van der Waals surface area contributed by atoms with Gasteiger partial charge in [-0.2, -0.15) is 18.3 Å². The number of anilines is 1. The average Bonchev–Trinajstić information content (AvgIpc) is 2.66. The van der Waals surface area contributed by atoms with Gasteiger partial charge in [0.25, 0.3) is 0 Å². The first-order chi connectivity index (χ1) is 9.74. The number of aromatic nitrogens is 4. The number of nitrogens with one attached hydrogen (secondary N) is 1. The molecule has 0 unspecified atom stereocenters. The molecule has 0 radical (unpaired) electrons. The van der Waals surface area contributed by atoms with Crippen LogP contribution in [0.3, 0.4) is 0 Å². The van der Waals surface area contributed by atoms with Crippen molar-refractivity contribution in [3.8, 4) is 5.82 Å². The quantitative estimate of drug-likeness (QED) is 0.942. The Morgan fingerprint density at radius 3 is 2.43 bits per heavy atom. The summed E-state index contributed by atoms with van der Waals surface area (Å²) in [6, 6.07) is 1.40. The Labute approximate surface area is 124 Å². The third-order valence-electron chi connectivity index (χ3n) is 2.74. The maximum atomic E-state index is 12.9. The molecule has 0 saturated heterocycles. The SMILES string of the molecule is CCNc1cc(-n2nc(C)c(Cl)c2C)nc(C(F)(F)F)n1. The van der Waals surface area contributed by atoms with Crippen LogP contribution >= 0.6 is 11.6 Å². The van der Waals surface area contributed by atoms with Crippen molar-refractivity contribution in [2.45, 2.75) is 26.9 Å². The van der Waals surface area contributed by atoms with Crippen molar-refractivity contribution in [1.82, 2.24) is 19.7 Å². The fourth-order valence-corrected chi connectivity index (χ4v) is 1.91. The van der Waals surface area contributed by atoms with Crippen molar-refractivity contribution in [2.24, 2.45) is 0 Å². The average molecular weight is 320 g/mol. The molecule has 0 aromatic carbocycles. The molecule has 9 heteroatoms. The molecule has 0 bridgehead atoms. The molecule has 0 atom stereocenters. The van der Waals surface area contributed by atoms with E-state index >= 15 is 0 Å². The lowest BCUT2D eigenvalue weighted by Crippen LogP contribution is -2.16. The summed E-state index contributed by atoms with van der Waals surface area (Å²) in [6.07, 6.45) is -4.64. The van der Waals surface area contributed by atoms with Crippen molar-refractivity contribution < 1.29 is 13.2 Å². The van der Waals surface area contributed by atoms with Gasteiger partial charge in [0, 0.05) is 12.6 Å². The molecule has 0 aliphatic carbocycles. The van der Waals surface area contributed by atoms with Crippen molar-refractivity contribution in [3.63, 3.8) is 0 Å². The van der Waals surface area contributed by atoms with Gasteiger partial charge in [0.15, 0.2) is 5.82 Å². The smallest absolute Gasteiger partial charge is 0.370 e. The Balaban J connectivity index is 2.62. The van der Waals surface area contributed by atoms with Gasteiger partial charge in [-0.3, -0.25) is 0 Å². The van der Waals surface area contributed by atoms with Gasteiger partial charge in [-0.25, -0.2) is 14.6 Å². The van der Waals surface area contributed by atoms with Crippen LogP contribution in [0.1, 0.15) is 24.1 Å². The summed E-state index contributed by atoms with van der Waals surface area (Å²) in [4.78, 5) is 7.00. The molecular weight excluding hydrogens is 307 g/mol. The number of hydrogen-bond donors (Lipinski definition) is 1. The molecule has 2 aromatic heterocycles. The number of nitrogens with zero attached hydrogens (tertiary/aromatic N) is 4. The highest BCUT2D eigenvalue weighted by Gasteiger charge is 2.35. The van der Waals surface area contributed by atoms with Crippen molar-refractivity contribution in [3.05, 3.63) is 28.3 Å². The largest absolute Gasteiger partial charge is 0.451 e. The number of hydrogen-bond acceptors (Lipinski definition) is 4. The predicted molar refractivity (Wildman–Crippen MR) is 72.8 cm³/mol.